The Morgan fingerprint density at radius 2 is 1.33 bits per heavy atom. The molecule has 0 fully saturated rings. The second-order valence-corrected chi connectivity index (χ2v) is 7.21. The molecule has 3 radical (unpaired) electrons. The molecule has 0 aliphatic heterocycles. The molecule has 0 N–H and O–H groups in total. The first-order chi connectivity index (χ1) is 5.12. The monoisotopic (exact) mass is 341 g/mol. The summed E-state index contributed by atoms with van der Waals surface area (Å²) in [5, 5.41) is 0. The Bertz CT molecular complexity index is 81.8. The van der Waals surface area contributed by atoms with Crippen molar-refractivity contribution < 1.29 is 0 Å². The first kappa shape index (κ1) is 15.7. The summed E-state index contributed by atoms with van der Waals surface area (Å²) in [4.78, 5) is 0. The Morgan fingerprint density at radius 1 is 1.00 bits per heavy atom. The molecule has 0 saturated heterocycles. The van der Waals surface area contributed by atoms with E-state index in [1.54, 1.807) is 22.5 Å². The summed E-state index contributed by atoms with van der Waals surface area (Å²) in [6.45, 7) is 7.01. The standard InChI is InChI=1S/C10H21.BrH.Sn/c1-4-6-8-10(3)9-7-5-2;;/h4-9H2,1-3H3;1H;. The molecule has 0 aromatic rings. The van der Waals surface area contributed by atoms with Crippen LogP contribution in [0, 0.1) is 0 Å². The fraction of sp³-hybridized carbons (Fsp3) is 1.00. The van der Waals surface area contributed by atoms with E-state index in [1.807, 2.05) is 0 Å². The van der Waals surface area contributed by atoms with Crippen LogP contribution in [-0.2, 0) is 0 Å². The van der Waals surface area contributed by atoms with E-state index in [4.69, 9.17) is 0 Å². The zero-order chi connectivity index (χ0) is 8.74. The van der Waals surface area contributed by atoms with Crippen molar-refractivity contribution in [1.82, 2.24) is 0 Å². The normalized spacial score (nSPS) is 11.0. The Kier molecular flexibility index (Phi) is 11.6. The van der Waals surface area contributed by atoms with Crippen LogP contribution < -0.4 is 0 Å². The molecule has 0 unspecified atom stereocenters. The van der Waals surface area contributed by atoms with Gasteiger partial charge in [0, 0.05) is 0 Å². The van der Waals surface area contributed by atoms with Crippen LogP contribution in [0.25, 0.3) is 0 Å². The minimum atomic E-state index is 0. The molecule has 73 valence electrons. The van der Waals surface area contributed by atoms with Gasteiger partial charge < -0.3 is 0 Å². The Balaban J connectivity index is 0. The molecule has 0 bridgehead atoms. The van der Waals surface area contributed by atoms with E-state index in [0.717, 1.165) is 0 Å². The summed E-state index contributed by atoms with van der Waals surface area (Å²) in [5.74, 6) is 0. The number of hydrogen-bond acceptors (Lipinski definition) is 0. The molecule has 0 saturated carbocycles. The van der Waals surface area contributed by atoms with E-state index in [-0.39, 0.29) is 17.0 Å². The molecule has 2 heteroatoms. The summed E-state index contributed by atoms with van der Waals surface area (Å²) < 4.78 is 0.693. The van der Waals surface area contributed by atoms with Crippen LogP contribution in [0.3, 0.4) is 0 Å². The summed E-state index contributed by atoms with van der Waals surface area (Å²) >= 11 is 1.74. The van der Waals surface area contributed by atoms with Crippen molar-refractivity contribution in [2.24, 2.45) is 0 Å². The topological polar surface area (TPSA) is 0 Å². The van der Waals surface area contributed by atoms with Crippen molar-refractivity contribution in [3.8, 4) is 0 Å². The van der Waals surface area contributed by atoms with E-state index in [2.05, 4.69) is 20.8 Å². The van der Waals surface area contributed by atoms with Gasteiger partial charge in [-0.15, -0.1) is 17.0 Å². The van der Waals surface area contributed by atoms with Gasteiger partial charge in [0.15, 0.2) is 0 Å². The van der Waals surface area contributed by atoms with Crippen molar-refractivity contribution in [2.75, 3.05) is 0 Å². The van der Waals surface area contributed by atoms with E-state index < -0.39 is 0 Å². The fourth-order valence-corrected chi connectivity index (χ4v) is 2.27. The van der Waals surface area contributed by atoms with Crippen LogP contribution in [-0.4, -0.2) is 22.5 Å². The van der Waals surface area contributed by atoms with Crippen LogP contribution in [0.4, 0.5) is 0 Å². The summed E-state index contributed by atoms with van der Waals surface area (Å²) in [6, 6.07) is 0. The molecular weight excluding hydrogens is 319 g/mol. The third kappa shape index (κ3) is 9.37. The van der Waals surface area contributed by atoms with E-state index in [9.17, 15) is 0 Å². The van der Waals surface area contributed by atoms with E-state index in [1.165, 1.54) is 38.5 Å². The van der Waals surface area contributed by atoms with Crippen LogP contribution in [0.15, 0.2) is 0 Å². The third-order valence-corrected chi connectivity index (χ3v) is 3.59. The molecule has 12 heavy (non-hydrogen) atoms. The maximum atomic E-state index is 2.44. The Hall–Kier alpha value is 1.28. The first-order valence-electron chi connectivity index (χ1n) is 4.87. The van der Waals surface area contributed by atoms with Gasteiger partial charge in [-0.25, -0.2) is 0 Å². The minimum absolute atomic E-state index is 0. The molecule has 0 rings (SSSR count). The molecule has 0 amide bonds. The Morgan fingerprint density at radius 3 is 1.58 bits per heavy atom. The quantitative estimate of drug-likeness (QED) is 0.633. The molecular formula is C10H22BrSn. The van der Waals surface area contributed by atoms with Gasteiger partial charge in [-0.2, -0.15) is 0 Å². The second kappa shape index (κ2) is 8.86. The van der Waals surface area contributed by atoms with Crippen molar-refractivity contribution >= 4 is 39.5 Å². The van der Waals surface area contributed by atoms with Crippen molar-refractivity contribution in [3.05, 3.63) is 0 Å². The van der Waals surface area contributed by atoms with Gasteiger partial charge in [0.25, 0.3) is 0 Å². The molecule has 0 aromatic heterocycles. The summed E-state index contributed by atoms with van der Waals surface area (Å²) in [7, 11) is 0. The first-order valence-corrected chi connectivity index (χ1v) is 6.30. The fourth-order valence-electron chi connectivity index (χ4n) is 1.26. The molecule has 0 aliphatic carbocycles. The van der Waals surface area contributed by atoms with Crippen LogP contribution in [0.2, 0.25) is 3.43 Å². The predicted octanol–water partition coefficient (Wildman–Crippen LogP) is 4.29. The zero-order valence-corrected chi connectivity index (χ0v) is 13.2. The van der Waals surface area contributed by atoms with Gasteiger partial charge in [-0.05, 0) is 0 Å². The SMILES string of the molecule is Br.CCCC[C](C)([Sn])CCCC. The third-order valence-electron chi connectivity index (χ3n) is 2.16. The van der Waals surface area contributed by atoms with E-state index in [0.29, 0.717) is 3.43 Å². The number of halogens is 1. The van der Waals surface area contributed by atoms with Gasteiger partial charge in [0.1, 0.15) is 0 Å². The maximum absolute atomic E-state index is 2.44. The summed E-state index contributed by atoms with van der Waals surface area (Å²) in [5.41, 5.74) is 0. The van der Waals surface area contributed by atoms with E-state index >= 15 is 0 Å². The molecule has 0 atom stereocenters. The van der Waals surface area contributed by atoms with Gasteiger partial charge in [0.2, 0.25) is 0 Å². The average Bonchev–Trinajstić information content (AvgIpc) is 1.97. The van der Waals surface area contributed by atoms with Crippen LogP contribution in [0.5, 0.6) is 0 Å². The van der Waals surface area contributed by atoms with Gasteiger partial charge in [-0.3, -0.25) is 0 Å². The number of hydrogen-bond donors (Lipinski definition) is 0. The van der Waals surface area contributed by atoms with Gasteiger partial charge in [-0.1, -0.05) is 0 Å². The molecule has 0 nitrogen and oxygen atoms in total. The second-order valence-electron chi connectivity index (χ2n) is 3.77. The van der Waals surface area contributed by atoms with Gasteiger partial charge in [0.05, 0.1) is 0 Å². The molecule has 0 spiro atoms. The molecule has 0 aliphatic rings. The molecule has 0 aromatic carbocycles. The Labute approximate surface area is 102 Å². The summed E-state index contributed by atoms with van der Waals surface area (Å²) in [6.07, 6.45) is 8.45. The van der Waals surface area contributed by atoms with Crippen molar-refractivity contribution in [3.63, 3.8) is 0 Å². The van der Waals surface area contributed by atoms with Gasteiger partial charge >= 0.3 is 85.3 Å². The van der Waals surface area contributed by atoms with Crippen molar-refractivity contribution in [2.45, 2.75) is 62.7 Å². The van der Waals surface area contributed by atoms with Crippen molar-refractivity contribution in [1.29, 1.82) is 0 Å². The van der Waals surface area contributed by atoms with Crippen LogP contribution in [0.1, 0.15) is 59.3 Å². The zero-order valence-electron chi connectivity index (χ0n) is 8.65. The molecule has 0 heterocycles. The number of unbranched alkanes of at least 4 members (excludes halogenated alkanes) is 2. The predicted molar refractivity (Wildman–Crippen MR) is 63.5 cm³/mol. The van der Waals surface area contributed by atoms with Crippen LogP contribution >= 0.6 is 17.0 Å². The number of rotatable bonds is 6. The average molecular weight is 341 g/mol.